The molecule has 0 unspecified atom stereocenters. The number of aromatic nitrogens is 4. The molecule has 0 atom stereocenters. The van der Waals surface area contributed by atoms with Crippen molar-refractivity contribution < 1.29 is 0 Å². The molecule has 0 aliphatic heterocycles. The van der Waals surface area contributed by atoms with Crippen molar-refractivity contribution in [2.75, 3.05) is 0 Å². The highest BCUT2D eigenvalue weighted by molar-refractivity contribution is 5.97. The Labute approximate surface area is 336 Å². The normalized spacial score (nSPS) is 11.1. The van der Waals surface area contributed by atoms with Crippen molar-refractivity contribution >= 4 is 21.8 Å². The summed E-state index contributed by atoms with van der Waals surface area (Å²) in [5.41, 5.74) is 14.1. The summed E-state index contributed by atoms with van der Waals surface area (Å²) in [5, 5.41) is 12.1. The molecule has 0 spiro atoms. The lowest BCUT2D eigenvalue weighted by atomic mass is 9.88. The van der Waals surface area contributed by atoms with Crippen LogP contribution < -0.4 is 0 Å². The predicted molar refractivity (Wildman–Crippen MR) is 235 cm³/mol. The van der Waals surface area contributed by atoms with Crippen molar-refractivity contribution in [1.29, 1.82) is 5.26 Å². The van der Waals surface area contributed by atoms with Gasteiger partial charge in [-0.15, -0.1) is 0 Å². The highest BCUT2D eigenvalue weighted by atomic mass is 14.9. The molecule has 0 amide bonds. The Hall–Kier alpha value is -8.07. The molecule has 2 aromatic heterocycles. The van der Waals surface area contributed by atoms with Crippen molar-refractivity contribution in [1.82, 2.24) is 19.9 Å². The lowest BCUT2D eigenvalue weighted by molar-refractivity contribution is 1.23. The van der Waals surface area contributed by atoms with E-state index in [2.05, 4.69) is 84.9 Å². The number of nitriles is 1. The summed E-state index contributed by atoms with van der Waals surface area (Å²) in [6.07, 6.45) is 0. The largest absolute Gasteiger partial charge is 0.228 e. The van der Waals surface area contributed by atoms with E-state index in [1.54, 1.807) is 0 Å². The van der Waals surface area contributed by atoms with Gasteiger partial charge in [0.05, 0.1) is 34.1 Å². The number of hydrogen-bond acceptors (Lipinski definition) is 5. The second-order valence-corrected chi connectivity index (χ2v) is 14.1. The molecule has 0 saturated carbocycles. The molecule has 58 heavy (non-hydrogen) atoms. The number of rotatable bonds is 7. The molecular weight excluding hydrogens is 707 g/mol. The topological polar surface area (TPSA) is 75.3 Å². The number of fused-ring (bicyclic) bond motifs is 2. The van der Waals surface area contributed by atoms with E-state index in [1.807, 2.05) is 121 Å². The van der Waals surface area contributed by atoms with Gasteiger partial charge in [-0.1, -0.05) is 164 Å². The first kappa shape index (κ1) is 34.4. The fourth-order valence-corrected chi connectivity index (χ4v) is 7.73. The molecule has 0 N–H and O–H groups in total. The molecule has 270 valence electrons. The molecule has 0 bridgehead atoms. The third kappa shape index (κ3) is 6.45. The zero-order valence-corrected chi connectivity index (χ0v) is 31.3. The van der Waals surface area contributed by atoms with Crippen molar-refractivity contribution in [2.45, 2.75) is 0 Å². The van der Waals surface area contributed by atoms with E-state index < -0.39 is 0 Å². The van der Waals surface area contributed by atoms with Crippen molar-refractivity contribution in [2.24, 2.45) is 0 Å². The van der Waals surface area contributed by atoms with Gasteiger partial charge < -0.3 is 0 Å². The molecule has 0 radical (unpaired) electrons. The average Bonchev–Trinajstić information content (AvgIpc) is 3.31. The molecule has 0 aliphatic carbocycles. The van der Waals surface area contributed by atoms with Crippen molar-refractivity contribution in [3.63, 3.8) is 0 Å². The van der Waals surface area contributed by atoms with Crippen LogP contribution in [0.4, 0.5) is 0 Å². The van der Waals surface area contributed by atoms with Gasteiger partial charge in [-0.3, -0.25) is 0 Å². The molecule has 0 fully saturated rings. The smallest absolute Gasteiger partial charge is 0.160 e. The summed E-state index contributed by atoms with van der Waals surface area (Å²) in [6, 6.07) is 70.4. The summed E-state index contributed by atoms with van der Waals surface area (Å²) in [7, 11) is 0. The standard InChI is InChI=1S/C53H33N5/c54-34-42-19-7-8-24-43(42)39-29-30-44(37-20-13-22-40(31-37)50-45-25-9-11-27-48(45)55-52(57-50)35-15-3-1-4-16-35)47(33-39)38-21-14-23-41(32-38)51-46-26-10-12-28-49(46)56-53(58-51)36-17-5-2-6-18-36/h1-33H. The molecule has 5 nitrogen and oxygen atoms in total. The van der Waals surface area contributed by atoms with Gasteiger partial charge >= 0.3 is 0 Å². The molecule has 0 aliphatic rings. The summed E-state index contributed by atoms with van der Waals surface area (Å²) in [5.74, 6) is 1.37. The lowest BCUT2D eigenvalue weighted by Gasteiger charge is -2.16. The Bertz CT molecular complexity index is 3190. The van der Waals surface area contributed by atoms with Crippen LogP contribution in [0.1, 0.15) is 5.56 Å². The Morgan fingerprint density at radius 3 is 1.33 bits per heavy atom. The van der Waals surface area contributed by atoms with Crippen molar-refractivity contribution in [3.05, 3.63) is 206 Å². The fourth-order valence-electron chi connectivity index (χ4n) is 7.73. The van der Waals surface area contributed by atoms with Crippen LogP contribution in [0.5, 0.6) is 0 Å². The van der Waals surface area contributed by atoms with Crippen LogP contribution in [0.25, 0.3) is 100 Å². The minimum absolute atomic E-state index is 0.628. The van der Waals surface area contributed by atoms with Gasteiger partial charge in [0.15, 0.2) is 11.6 Å². The maximum absolute atomic E-state index is 10.1. The molecule has 8 aromatic carbocycles. The number of benzene rings is 8. The quantitative estimate of drug-likeness (QED) is 0.163. The summed E-state index contributed by atoms with van der Waals surface area (Å²) in [6.45, 7) is 0. The van der Waals surface area contributed by atoms with Gasteiger partial charge in [0.1, 0.15) is 0 Å². The third-order valence-corrected chi connectivity index (χ3v) is 10.5. The predicted octanol–water partition coefficient (Wildman–Crippen LogP) is 13.1. The maximum atomic E-state index is 10.1. The van der Waals surface area contributed by atoms with Gasteiger partial charge in [-0.25, -0.2) is 19.9 Å². The van der Waals surface area contributed by atoms with Crippen molar-refractivity contribution in [3.8, 4) is 84.7 Å². The van der Waals surface area contributed by atoms with E-state index in [-0.39, 0.29) is 0 Å². The fraction of sp³-hybridized carbons (Fsp3) is 0. The van der Waals surface area contributed by atoms with Gasteiger partial charge in [0.2, 0.25) is 0 Å². The second-order valence-electron chi connectivity index (χ2n) is 14.1. The van der Waals surface area contributed by atoms with E-state index >= 15 is 0 Å². The minimum atomic E-state index is 0.628. The van der Waals surface area contributed by atoms with E-state index in [1.165, 1.54) is 0 Å². The first-order valence-electron chi connectivity index (χ1n) is 19.2. The molecule has 2 heterocycles. The van der Waals surface area contributed by atoms with E-state index in [0.29, 0.717) is 17.2 Å². The highest BCUT2D eigenvalue weighted by Gasteiger charge is 2.17. The van der Waals surface area contributed by atoms with Crippen LogP contribution in [0.2, 0.25) is 0 Å². The lowest BCUT2D eigenvalue weighted by Crippen LogP contribution is -1.96. The number of hydrogen-bond donors (Lipinski definition) is 0. The summed E-state index contributed by atoms with van der Waals surface area (Å²) < 4.78 is 0. The summed E-state index contributed by atoms with van der Waals surface area (Å²) in [4.78, 5) is 20.3. The second kappa shape index (κ2) is 14.9. The first-order valence-corrected chi connectivity index (χ1v) is 19.2. The van der Waals surface area contributed by atoms with E-state index in [9.17, 15) is 5.26 Å². The van der Waals surface area contributed by atoms with E-state index in [0.717, 1.165) is 88.8 Å². The van der Waals surface area contributed by atoms with Crippen LogP contribution in [0, 0.1) is 11.3 Å². The zero-order chi connectivity index (χ0) is 38.8. The van der Waals surface area contributed by atoms with Gasteiger partial charge in [0, 0.05) is 33.0 Å². The van der Waals surface area contributed by atoms with Crippen LogP contribution >= 0.6 is 0 Å². The molecule has 0 saturated heterocycles. The summed E-state index contributed by atoms with van der Waals surface area (Å²) >= 11 is 0. The Kier molecular flexibility index (Phi) is 8.83. The minimum Gasteiger partial charge on any atom is -0.228 e. The number of nitrogens with zero attached hydrogens (tertiary/aromatic N) is 5. The van der Waals surface area contributed by atoms with Crippen LogP contribution in [0.15, 0.2) is 200 Å². The van der Waals surface area contributed by atoms with E-state index in [4.69, 9.17) is 19.9 Å². The zero-order valence-electron chi connectivity index (χ0n) is 31.3. The van der Waals surface area contributed by atoms with Crippen LogP contribution in [0.3, 0.4) is 0 Å². The van der Waals surface area contributed by atoms with Gasteiger partial charge in [-0.2, -0.15) is 5.26 Å². The highest BCUT2D eigenvalue weighted by Crippen LogP contribution is 2.40. The van der Waals surface area contributed by atoms with Crippen LogP contribution in [-0.2, 0) is 0 Å². The average molecular weight is 740 g/mol. The Morgan fingerprint density at radius 1 is 0.310 bits per heavy atom. The SMILES string of the molecule is N#Cc1ccccc1-c1ccc(-c2cccc(-c3nc(-c4ccccc4)nc4ccccc34)c2)c(-c2cccc(-c3nc(-c4ccccc4)nc4ccccc34)c2)c1. The van der Waals surface area contributed by atoms with Gasteiger partial charge in [-0.05, 0) is 69.8 Å². The monoisotopic (exact) mass is 739 g/mol. The maximum Gasteiger partial charge on any atom is 0.160 e. The number of para-hydroxylation sites is 2. The molecule has 10 aromatic rings. The molecule has 10 rings (SSSR count). The first-order chi connectivity index (χ1) is 28.7. The molecule has 5 heteroatoms. The van der Waals surface area contributed by atoms with Crippen LogP contribution in [-0.4, -0.2) is 19.9 Å². The molecular formula is C53H33N5. The Balaban J connectivity index is 1.16. The Morgan fingerprint density at radius 2 is 0.759 bits per heavy atom. The van der Waals surface area contributed by atoms with Gasteiger partial charge in [0.25, 0.3) is 0 Å². The third-order valence-electron chi connectivity index (χ3n) is 10.5.